The molecule has 0 atom stereocenters. The van der Waals surface area contributed by atoms with Gasteiger partial charge in [0, 0.05) is 18.3 Å². The van der Waals surface area contributed by atoms with Crippen LogP contribution in [-0.2, 0) is 4.84 Å². The number of hydrogen-bond donors (Lipinski definition) is 1. The van der Waals surface area contributed by atoms with Gasteiger partial charge in [0.15, 0.2) is 0 Å². The average molecular weight is 273 g/mol. The maximum Gasteiger partial charge on any atom is 0.471 e. The van der Waals surface area contributed by atoms with Gasteiger partial charge >= 0.3 is 12.1 Å². The van der Waals surface area contributed by atoms with Gasteiger partial charge in [-0.3, -0.25) is 4.79 Å². The highest BCUT2D eigenvalue weighted by molar-refractivity contribution is 6.35. The number of benzene rings is 1. The molecule has 0 bridgehead atoms. The topological polar surface area (TPSA) is 77.0 Å². The fraction of sp³-hybridized carbons (Fsp3) is 0.182. The summed E-state index contributed by atoms with van der Waals surface area (Å²) in [5.41, 5.74) is 6.11. The van der Waals surface area contributed by atoms with Gasteiger partial charge in [0.05, 0.1) is 0 Å². The Labute approximate surface area is 106 Å². The van der Waals surface area contributed by atoms with Crippen LogP contribution >= 0.6 is 0 Å². The molecule has 0 fully saturated rings. The SMILES string of the molecule is CN=C(O/N=C/C(=O)c1ccc(N)cc1)C(F)(F)F. The van der Waals surface area contributed by atoms with Gasteiger partial charge in [0.25, 0.3) is 0 Å². The van der Waals surface area contributed by atoms with Crippen LogP contribution in [0, 0.1) is 0 Å². The van der Waals surface area contributed by atoms with Crippen molar-refractivity contribution in [2.75, 3.05) is 12.8 Å². The van der Waals surface area contributed by atoms with Crippen LogP contribution in [0.5, 0.6) is 0 Å². The second-order valence-electron chi connectivity index (χ2n) is 3.34. The summed E-state index contributed by atoms with van der Waals surface area (Å²) in [4.78, 5) is 18.4. The Morgan fingerprint density at radius 3 is 2.37 bits per heavy atom. The molecule has 0 aliphatic heterocycles. The van der Waals surface area contributed by atoms with E-state index in [0.29, 0.717) is 11.9 Å². The summed E-state index contributed by atoms with van der Waals surface area (Å²) >= 11 is 0. The van der Waals surface area contributed by atoms with Crippen LogP contribution in [0.4, 0.5) is 18.9 Å². The summed E-state index contributed by atoms with van der Waals surface area (Å²) in [5.74, 6) is -2.15. The zero-order valence-corrected chi connectivity index (χ0v) is 9.81. The van der Waals surface area contributed by atoms with Gasteiger partial charge in [-0.05, 0) is 24.3 Å². The largest absolute Gasteiger partial charge is 0.471 e. The molecule has 8 heteroatoms. The molecule has 19 heavy (non-hydrogen) atoms. The third kappa shape index (κ3) is 4.41. The summed E-state index contributed by atoms with van der Waals surface area (Å²) in [6.07, 6.45) is -4.13. The molecule has 0 aliphatic carbocycles. The molecule has 1 rings (SSSR count). The third-order valence-corrected chi connectivity index (χ3v) is 1.95. The maximum atomic E-state index is 12.2. The smallest absolute Gasteiger partial charge is 0.399 e. The molecule has 0 spiro atoms. The average Bonchev–Trinajstić information content (AvgIpc) is 2.33. The minimum atomic E-state index is -4.75. The van der Waals surface area contributed by atoms with Crippen molar-refractivity contribution in [3.8, 4) is 0 Å². The van der Waals surface area contributed by atoms with E-state index in [1.54, 1.807) is 0 Å². The van der Waals surface area contributed by atoms with Crippen LogP contribution in [-0.4, -0.2) is 31.1 Å². The predicted octanol–water partition coefficient (Wildman–Crippen LogP) is 2.04. The van der Waals surface area contributed by atoms with Crippen LogP contribution in [0.25, 0.3) is 0 Å². The Kier molecular flexibility index (Phi) is 4.62. The van der Waals surface area contributed by atoms with Gasteiger partial charge in [-0.25, -0.2) is 4.99 Å². The van der Waals surface area contributed by atoms with Crippen molar-refractivity contribution < 1.29 is 22.8 Å². The maximum absolute atomic E-state index is 12.2. The Bertz CT molecular complexity index is 507. The van der Waals surface area contributed by atoms with Crippen LogP contribution in [0.1, 0.15) is 10.4 Å². The summed E-state index contributed by atoms with van der Waals surface area (Å²) in [6, 6.07) is 5.80. The molecule has 0 radical (unpaired) electrons. The Morgan fingerprint density at radius 2 is 1.89 bits per heavy atom. The molecule has 0 saturated carbocycles. The van der Waals surface area contributed by atoms with Gasteiger partial charge in [0.1, 0.15) is 6.21 Å². The predicted molar refractivity (Wildman–Crippen MR) is 64.2 cm³/mol. The van der Waals surface area contributed by atoms with Gasteiger partial charge in [-0.15, -0.1) is 0 Å². The van der Waals surface area contributed by atoms with Crippen molar-refractivity contribution in [3.05, 3.63) is 29.8 Å². The van der Waals surface area contributed by atoms with Gasteiger partial charge in [-0.2, -0.15) is 13.2 Å². The van der Waals surface area contributed by atoms with Crippen molar-refractivity contribution in [1.82, 2.24) is 0 Å². The zero-order chi connectivity index (χ0) is 14.5. The summed E-state index contributed by atoms with van der Waals surface area (Å²) in [6.45, 7) is 0. The van der Waals surface area contributed by atoms with Crippen molar-refractivity contribution in [2.45, 2.75) is 6.18 Å². The molecular weight excluding hydrogens is 263 g/mol. The molecule has 0 aromatic heterocycles. The van der Waals surface area contributed by atoms with E-state index >= 15 is 0 Å². The number of alkyl halides is 3. The lowest BCUT2D eigenvalue weighted by atomic mass is 10.1. The van der Waals surface area contributed by atoms with Crippen molar-refractivity contribution >= 4 is 23.6 Å². The van der Waals surface area contributed by atoms with E-state index in [1.165, 1.54) is 24.3 Å². The third-order valence-electron chi connectivity index (χ3n) is 1.95. The Balaban J connectivity index is 2.67. The molecule has 0 saturated heterocycles. The van der Waals surface area contributed by atoms with E-state index in [0.717, 1.165) is 7.05 Å². The lowest BCUT2D eigenvalue weighted by molar-refractivity contribution is -0.0781. The van der Waals surface area contributed by atoms with Crippen LogP contribution in [0.2, 0.25) is 0 Å². The highest BCUT2D eigenvalue weighted by Crippen LogP contribution is 2.17. The van der Waals surface area contributed by atoms with E-state index in [9.17, 15) is 18.0 Å². The highest BCUT2D eigenvalue weighted by Gasteiger charge is 2.38. The lowest BCUT2D eigenvalue weighted by Crippen LogP contribution is -2.24. The second kappa shape index (κ2) is 5.98. The van der Waals surface area contributed by atoms with E-state index in [2.05, 4.69) is 15.0 Å². The Morgan fingerprint density at radius 1 is 1.32 bits per heavy atom. The number of anilines is 1. The Hall–Kier alpha value is -2.38. The summed E-state index contributed by atoms with van der Waals surface area (Å²) in [5, 5.41) is 2.95. The number of hydrogen-bond acceptors (Lipinski definition) is 5. The quantitative estimate of drug-likeness (QED) is 0.301. The standard InChI is InChI=1S/C11H10F3N3O2/c1-16-10(11(12,13)14)19-17-6-9(18)7-2-4-8(15)5-3-7/h2-6H,15H2,1H3/b16-10?,17-6+. The molecule has 5 nitrogen and oxygen atoms in total. The normalized spacial score (nSPS) is 12.7. The molecule has 102 valence electrons. The number of carbonyl (C=O) groups is 1. The minimum absolute atomic E-state index is 0.226. The van der Waals surface area contributed by atoms with E-state index in [4.69, 9.17) is 5.73 Å². The zero-order valence-electron chi connectivity index (χ0n) is 9.81. The number of carbonyl (C=O) groups excluding carboxylic acids is 1. The first-order valence-electron chi connectivity index (χ1n) is 4.99. The van der Waals surface area contributed by atoms with E-state index < -0.39 is 17.9 Å². The number of ketones is 1. The number of aliphatic imine (C=N–C) groups is 1. The molecule has 2 N–H and O–H groups in total. The van der Waals surface area contributed by atoms with E-state index in [1.807, 2.05) is 0 Å². The van der Waals surface area contributed by atoms with Crippen molar-refractivity contribution in [3.63, 3.8) is 0 Å². The molecular formula is C11H10F3N3O2. The second-order valence-corrected chi connectivity index (χ2v) is 3.34. The van der Waals surface area contributed by atoms with Crippen LogP contribution in [0.3, 0.4) is 0 Å². The van der Waals surface area contributed by atoms with Gasteiger partial charge < -0.3 is 10.6 Å². The van der Waals surface area contributed by atoms with E-state index in [-0.39, 0.29) is 5.56 Å². The fourth-order valence-corrected chi connectivity index (χ4v) is 1.07. The number of Topliss-reactive ketones (excluding diaryl/α,β-unsaturated/α-hetero) is 1. The summed E-state index contributed by atoms with van der Waals surface area (Å²) < 4.78 is 36.6. The van der Waals surface area contributed by atoms with Gasteiger partial charge in [-0.1, -0.05) is 5.16 Å². The first-order valence-corrected chi connectivity index (χ1v) is 4.99. The van der Waals surface area contributed by atoms with Crippen LogP contribution < -0.4 is 5.73 Å². The lowest BCUT2D eigenvalue weighted by Gasteiger charge is -2.05. The van der Waals surface area contributed by atoms with Crippen molar-refractivity contribution in [2.24, 2.45) is 10.1 Å². The number of oxime groups is 1. The monoisotopic (exact) mass is 273 g/mol. The molecule has 0 aliphatic rings. The number of rotatable bonds is 3. The number of halogens is 3. The molecule has 0 amide bonds. The highest BCUT2D eigenvalue weighted by atomic mass is 19.4. The molecule has 1 aromatic carbocycles. The summed E-state index contributed by atoms with van der Waals surface area (Å²) in [7, 11) is 0.903. The van der Waals surface area contributed by atoms with Crippen molar-refractivity contribution in [1.29, 1.82) is 0 Å². The number of nitrogens with two attached hydrogens (primary N) is 1. The molecule has 1 aromatic rings. The number of nitrogens with zero attached hydrogens (tertiary/aromatic N) is 2. The first kappa shape index (κ1) is 14.7. The first-order chi connectivity index (χ1) is 8.84. The van der Waals surface area contributed by atoms with Crippen LogP contribution in [0.15, 0.2) is 34.4 Å². The fourth-order valence-electron chi connectivity index (χ4n) is 1.07. The van der Waals surface area contributed by atoms with Gasteiger partial charge in [0.2, 0.25) is 5.78 Å². The number of nitrogen functional groups attached to an aromatic ring is 1. The molecule has 0 unspecified atom stereocenters. The minimum Gasteiger partial charge on any atom is -0.399 e. The molecule has 0 heterocycles.